The molecule has 1 aliphatic heterocycles. The molecular weight excluding hydrogens is 424 g/mol. The van der Waals surface area contributed by atoms with Crippen LogP contribution in [-0.4, -0.2) is 54.8 Å². The number of amides is 1. The molecule has 1 aromatic carbocycles. The van der Waals surface area contributed by atoms with Gasteiger partial charge >= 0.3 is 6.09 Å². The lowest BCUT2D eigenvalue weighted by molar-refractivity contribution is 0.0814. The Kier molecular flexibility index (Phi) is 8.58. The van der Waals surface area contributed by atoms with Crippen LogP contribution in [0.25, 0.3) is 0 Å². The van der Waals surface area contributed by atoms with Gasteiger partial charge in [0, 0.05) is 61.3 Å². The van der Waals surface area contributed by atoms with Gasteiger partial charge in [-0.3, -0.25) is 4.98 Å². The fourth-order valence-corrected chi connectivity index (χ4v) is 4.41. The number of hydrogen-bond acceptors (Lipinski definition) is 5. The maximum atomic E-state index is 12.2. The average molecular weight is 467 g/mol. The Bertz CT molecular complexity index is 961. The summed E-state index contributed by atoms with van der Waals surface area (Å²) in [6.07, 6.45) is 1.90. The van der Waals surface area contributed by atoms with Crippen molar-refractivity contribution in [2.45, 2.75) is 71.9 Å². The molecule has 0 spiro atoms. The number of carbonyl (C=O) groups excluding carboxylic acids is 1. The van der Waals surface area contributed by atoms with Crippen LogP contribution in [0.15, 0.2) is 36.4 Å². The average Bonchev–Trinajstić information content (AvgIpc) is 2.80. The minimum Gasteiger partial charge on any atom is -0.448 e. The highest BCUT2D eigenvalue weighted by molar-refractivity contribution is 5.68. The van der Waals surface area contributed by atoms with Crippen LogP contribution in [0.3, 0.4) is 0 Å². The first kappa shape index (κ1) is 26.0. The maximum absolute atomic E-state index is 12.2. The molecule has 0 aliphatic carbocycles. The van der Waals surface area contributed by atoms with Crippen molar-refractivity contribution >= 4 is 11.8 Å². The van der Waals surface area contributed by atoms with Gasteiger partial charge in [0.1, 0.15) is 6.61 Å². The zero-order chi connectivity index (χ0) is 24.9. The van der Waals surface area contributed by atoms with Gasteiger partial charge in [0.2, 0.25) is 0 Å². The van der Waals surface area contributed by atoms with Crippen molar-refractivity contribution in [3.05, 3.63) is 58.9 Å². The number of anilines is 1. The van der Waals surface area contributed by atoms with E-state index in [-0.39, 0.29) is 17.7 Å². The molecule has 1 aliphatic rings. The number of ether oxygens (including phenoxy) is 1. The van der Waals surface area contributed by atoms with Gasteiger partial charge in [-0.05, 0) is 83.7 Å². The van der Waals surface area contributed by atoms with Crippen LogP contribution in [-0.2, 0) is 4.74 Å². The molecule has 6 heteroatoms. The number of nitrogens with zero attached hydrogens (tertiary/aromatic N) is 3. The van der Waals surface area contributed by atoms with Crippen molar-refractivity contribution in [1.82, 2.24) is 15.2 Å². The lowest BCUT2D eigenvalue weighted by Gasteiger charge is -2.35. The van der Waals surface area contributed by atoms with Crippen molar-refractivity contribution in [1.29, 1.82) is 0 Å². The van der Waals surface area contributed by atoms with E-state index >= 15 is 0 Å². The lowest BCUT2D eigenvalue weighted by atomic mass is 9.88. The Balaban J connectivity index is 1.58. The molecule has 1 unspecified atom stereocenters. The van der Waals surface area contributed by atoms with Crippen LogP contribution in [0.4, 0.5) is 10.5 Å². The highest BCUT2D eigenvalue weighted by Crippen LogP contribution is 2.33. The van der Waals surface area contributed by atoms with Crippen LogP contribution in [0, 0.1) is 13.8 Å². The van der Waals surface area contributed by atoms with Crippen molar-refractivity contribution < 1.29 is 9.53 Å². The van der Waals surface area contributed by atoms with Crippen molar-refractivity contribution in [2.24, 2.45) is 0 Å². The summed E-state index contributed by atoms with van der Waals surface area (Å²) in [7, 11) is 1.77. The summed E-state index contributed by atoms with van der Waals surface area (Å²) in [4.78, 5) is 21.3. The second-order valence-electron chi connectivity index (χ2n) is 10.5. The molecule has 6 nitrogen and oxygen atoms in total. The molecule has 0 radical (unpaired) electrons. The Hall–Kier alpha value is -2.60. The second kappa shape index (κ2) is 11.2. The molecule has 34 heavy (non-hydrogen) atoms. The Morgan fingerprint density at radius 2 is 1.91 bits per heavy atom. The molecule has 1 aromatic heterocycles. The summed E-state index contributed by atoms with van der Waals surface area (Å²) in [5.74, 6) is 0.457. The Morgan fingerprint density at radius 3 is 2.56 bits per heavy atom. The Morgan fingerprint density at radius 1 is 1.21 bits per heavy atom. The molecule has 2 heterocycles. The first-order valence-electron chi connectivity index (χ1n) is 12.5. The summed E-state index contributed by atoms with van der Waals surface area (Å²) in [6, 6.07) is 13.2. The predicted molar refractivity (Wildman–Crippen MR) is 140 cm³/mol. The number of piperidine rings is 1. The summed E-state index contributed by atoms with van der Waals surface area (Å²) in [6.45, 7) is 15.4. The molecule has 1 atom stereocenters. The van der Waals surface area contributed by atoms with Gasteiger partial charge in [-0.25, -0.2) is 4.79 Å². The van der Waals surface area contributed by atoms with E-state index in [1.165, 1.54) is 22.5 Å². The summed E-state index contributed by atoms with van der Waals surface area (Å²) in [5, 5.41) is 3.53. The van der Waals surface area contributed by atoms with Gasteiger partial charge in [-0.15, -0.1) is 0 Å². The number of benzene rings is 1. The molecule has 0 bridgehead atoms. The van der Waals surface area contributed by atoms with E-state index in [0.29, 0.717) is 19.1 Å². The van der Waals surface area contributed by atoms with Gasteiger partial charge in [0.05, 0.1) is 0 Å². The third-order valence-electron chi connectivity index (χ3n) is 6.87. The van der Waals surface area contributed by atoms with Gasteiger partial charge in [0.25, 0.3) is 0 Å². The molecule has 1 saturated heterocycles. The van der Waals surface area contributed by atoms with Crippen molar-refractivity contribution in [2.75, 3.05) is 38.2 Å². The van der Waals surface area contributed by atoms with E-state index in [9.17, 15) is 4.79 Å². The minimum absolute atomic E-state index is 0.136. The van der Waals surface area contributed by atoms with Crippen LogP contribution in [0.2, 0.25) is 0 Å². The largest absolute Gasteiger partial charge is 0.448 e. The van der Waals surface area contributed by atoms with E-state index in [0.717, 1.165) is 31.6 Å². The van der Waals surface area contributed by atoms with Crippen LogP contribution >= 0.6 is 0 Å². The van der Waals surface area contributed by atoms with Gasteiger partial charge in [-0.2, -0.15) is 0 Å². The second-order valence-corrected chi connectivity index (χ2v) is 10.5. The molecule has 0 saturated carbocycles. The van der Waals surface area contributed by atoms with E-state index < -0.39 is 0 Å². The maximum Gasteiger partial charge on any atom is 0.409 e. The molecule has 3 rings (SSSR count). The summed E-state index contributed by atoms with van der Waals surface area (Å²) in [5.41, 5.74) is 5.89. The fourth-order valence-electron chi connectivity index (χ4n) is 4.41. The standard InChI is InChI=1S/C28H42N4O2/c1-20-9-8-10-24(19-20)32-16-13-23(14-17-32)26-25(12-11-21(2)30-26)22(3)29-15-18-34-27(33)31(7)28(4,5)6/h8-12,19,22-23,29H,13-18H2,1-7H3. The SMILES string of the molecule is Cc1cccc(N2CCC(c3nc(C)ccc3C(C)NCCOC(=O)N(C)C(C)(C)C)CC2)c1. The monoisotopic (exact) mass is 466 g/mol. The zero-order valence-corrected chi connectivity index (χ0v) is 22.0. The number of aromatic nitrogens is 1. The highest BCUT2D eigenvalue weighted by atomic mass is 16.6. The quantitative estimate of drug-likeness (QED) is 0.538. The molecule has 186 valence electrons. The first-order valence-corrected chi connectivity index (χ1v) is 12.5. The van der Waals surface area contributed by atoms with Crippen LogP contribution < -0.4 is 10.2 Å². The van der Waals surface area contributed by atoms with Crippen molar-refractivity contribution in [3.63, 3.8) is 0 Å². The Labute approximate surface area is 205 Å². The number of pyridine rings is 1. The lowest BCUT2D eigenvalue weighted by Crippen LogP contribution is -2.43. The normalized spacial score (nSPS) is 15.8. The van der Waals surface area contributed by atoms with E-state index in [1.54, 1.807) is 11.9 Å². The molecular formula is C28H42N4O2. The molecule has 1 N–H and O–H groups in total. The van der Waals surface area contributed by atoms with Gasteiger partial charge in [-0.1, -0.05) is 18.2 Å². The van der Waals surface area contributed by atoms with E-state index in [2.05, 4.69) is 67.4 Å². The third-order valence-corrected chi connectivity index (χ3v) is 6.87. The minimum atomic E-state index is -0.292. The summed E-state index contributed by atoms with van der Waals surface area (Å²) >= 11 is 0. The smallest absolute Gasteiger partial charge is 0.409 e. The van der Waals surface area contributed by atoms with E-state index in [1.807, 2.05) is 20.8 Å². The fraction of sp³-hybridized carbons (Fsp3) is 0.571. The van der Waals surface area contributed by atoms with Crippen LogP contribution in [0.1, 0.15) is 75.0 Å². The molecule has 1 fully saturated rings. The van der Waals surface area contributed by atoms with Gasteiger partial charge < -0.3 is 19.9 Å². The topological polar surface area (TPSA) is 57.7 Å². The van der Waals surface area contributed by atoms with Gasteiger partial charge in [0.15, 0.2) is 0 Å². The summed E-state index contributed by atoms with van der Waals surface area (Å²) < 4.78 is 5.45. The third kappa shape index (κ3) is 6.72. The number of carbonyl (C=O) groups is 1. The molecule has 2 aromatic rings. The number of hydrogen-bond donors (Lipinski definition) is 1. The number of nitrogens with one attached hydrogen (secondary N) is 1. The highest BCUT2D eigenvalue weighted by Gasteiger charge is 2.26. The zero-order valence-electron chi connectivity index (χ0n) is 22.0. The first-order chi connectivity index (χ1) is 16.1. The molecule has 1 amide bonds. The predicted octanol–water partition coefficient (Wildman–Crippen LogP) is 5.60. The number of aryl methyl sites for hydroxylation is 2. The van der Waals surface area contributed by atoms with Crippen LogP contribution in [0.5, 0.6) is 0 Å². The number of rotatable bonds is 7. The van der Waals surface area contributed by atoms with E-state index in [4.69, 9.17) is 9.72 Å². The van der Waals surface area contributed by atoms with Crippen molar-refractivity contribution in [3.8, 4) is 0 Å².